The van der Waals surface area contributed by atoms with Crippen molar-refractivity contribution in [3.63, 3.8) is 0 Å². The number of rotatable bonds is 8. The zero-order chi connectivity index (χ0) is 15.9. The van der Waals surface area contributed by atoms with Gasteiger partial charge in [0.15, 0.2) is 0 Å². The molecule has 3 N–H and O–H groups in total. The van der Waals surface area contributed by atoms with Crippen molar-refractivity contribution in [2.24, 2.45) is 5.73 Å². The van der Waals surface area contributed by atoms with Crippen LogP contribution >= 0.6 is 0 Å². The lowest BCUT2D eigenvalue weighted by atomic mass is 9.49. The van der Waals surface area contributed by atoms with Crippen LogP contribution < -0.4 is 16.5 Å². The summed E-state index contributed by atoms with van der Waals surface area (Å²) >= 11 is 0. The Morgan fingerprint density at radius 3 is 2.86 bits per heavy atom. The summed E-state index contributed by atoms with van der Waals surface area (Å²) in [4.78, 5) is 2.40. The summed E-state index contributed by atoms with van der Waals surface area (Å²) in [6.45, 7) is 6.15. The monoisotopic (exact) mass is 292 g/mol. The van der Waals surface area contributed by atoms with Crippen molar-refractivity contribution >= 4 is 28.2 Å². The predicted molar refractivity (Wildman–Crippen MR) is 97.2 cm³/mol. The molecular formula is C16H25B3N3. The molecule has 1 aliphatic heterocycles. The Hall–Kier alpha value is -0.705. The van der Waals surface area contributed by atoms with Gasteiger partial charge in [-0.05, 0) is 31.2 Å². The number of hydrogen-bond acceptors (Lipinski definition) is 3. The molecule has 22 heavy (non-hydrogen) atoms. The fraction of sp³-hybridized carbons (Fsp3) is 0.625. The highest BCUT2D eigenvalue weighted by Gasteiger charge is 2.21. The highest BCUT2D eigenvalue weighted by Crippen LogP contribution is 2.20. The van der Waals surface area contributed by atoms with E-state index in [4.69, 9.17) is 21.3 Å². The van der Waals surface area contributed by atoms with Crippen LogP contribution in [0.4, 0.5) is 0 Å². The van der Waals surface area contributed by atoms with E-state index in [-0.39, 0.29) is 11.9 Å². The van der Waals surface area contributed by atoms with Crippen LogP contribution in [0.3, 0.4) is 0 Å². The Kier molecular flexibility index (Phi) is 7.06. The molecule has 1 aliphatic rings. The summed E-state index contributed by atoms with van der Waals surface area (Å²) in [5.74, 6) is 0.194. The maximum absolute atomic E-state index is 6.39. The van der Waals surface area contributed by atoms with Gasteiger partial charge in [-0.1, -0.05) is 42.2 Å². The van der Waals surface area contributed by atoms with E-state index in [1.807, 2.05) is 18.2 Å². The second-order valence-electron chi connectivity index (χ2n) is 6.14. The van der Waals surface area contributed by atoms with E-state index in [0.29, 0.717) is 6.04 Å². The summed E-state index contributed by atoms with van der Waals surface area (Å²) in [5.41, 5.74) is 8.22. The van der Waals surface area contributed by atoms with Crippen molar-refractivity contribution < 1.29 is 0 Å². The van der Waals surface area contributed by atoms with Crippen LogP contribution in [0.5, 0.6) is 0 Å². The molecule has 1 aromatic carbocycles. The topological polar surface area (TPSA) is 41.3 Å². The van der Waals surface area contributed by atoms with Gasteiger partial charge in [-0.3, -0.25) is 0 Å². The molecule has 2 rings (SSSR count). The number of hydrogen-bond donors (Lipinski definition) is 2. The Bertz CT molecular complexity index is 458. The largest absolute Gasteiger partial charge is 0.326 e. The molecule has 1 aromatic rings. The smallest absolute Gasteiger partial charge is 0.0960 e. The van der Waals surface area contributed by atoms with E-state index in [1.54, 1.807) is 7.17 Å². The third-order valence-electron chi connectivity index (χ3n) is 4.57. The maximum atomic E-state index is 6.39. The summed E-state index contributed by atoms with van der Waals surface area (Å²) in [5, 5.41) is 3.47. The summed E-state index contributed by atoms with van der Waals surface area (Å²) in [6, 6.07) is 8.54. The van der Waals surface area contributed by atoms with Gasteiger partial charge in [-0.25, -0.2) is 0 Å². The molecule has 0 saturated carbocycles. The Balaban J connectivity index is 1.87. The van der Waals surface area contributed by atoms with E-state index in [9.17, 15) is 0 Å². The van der Waals surface area contributed by atoms with Crippen LogP contribution in [0.1, 0.15) is 31.2 Å². The van der Waals surface area contributed by atoms with E-state index in [0.717, 1.165) is 44.5 Å². The first-order valence-corrected chi connectivity index (χ1v) is 8.26. The molecule has 1 saturated heterocycles. The van der Waals surface area contributed by atoms with Crippen molar-refractivity contribution in [2.75, 3.05) is 26.2 Å². The lowest BCUT2D eigenvalue weighted by Gasteiger charge is -2.28. The maximum Gasteiger partial charge on any atom is 0.0960 e. The standard InChI is InChI=1S/C16H25B3N3/c1-2-13(14-5-3-4-6-15(14)19-18)16(17)21-8-10-22-9-7-12(20)11-22/h3-6,12-13,16,21H,2,7-11,20H2,1H3. The Morgan fingerprint density at radius 1 is 1.45 bits per heavy atom. The van der Waals surface area contributed by atoms with Gasteiger partial charge in [-0.2, -0.15) is 0 Å². The fourth-order valence-electron chi connectivity index (χ4n) is 3.26. The molecule has 0 bridgehead atoms. The quantitative estimate of drug-likeness (QED) is 0.647. The van der Waals surface area contributed by atoms with Crippen LogP contribution in [-0.4, -0.2) is 65.8 Å². The van der Waals surface area contributed by atoms with Crippen molar-refractivity contribution in [3.05, 3.63) is 29.8 Å². The van der Waals surface area contributed by atoms with Gasteiger partial charge in [0.05, 0.1) is 15.0 Å². The highest BCUT2D eigenvalue weighted by molar-refractivity contribution is 6.97. The molecule has 3 atom stereocenters. The molecule has 3 nitrogen and oxygen atoms in total. The zero-order valence-corrected chi connectivity index (χ0v) is 13.5. The van der Waals surface area contributed by atoms with Gasteiger partial charge in [0.25, 0.3) is 0 Å². The number of nitrogens with two attached hydrogens (primary N) is 1. The predicted octanol–water partition coefficient (Wildman–Crippen LogP) is -0.290. The number of nitrogens with one attached hydrogen (secondary N) is 1. The summed E-state index contributed by atoms with van der Waals surface area (Å²) in [7, 11) is 13.8. The van der Waals surface area contributed by atoms with Crippen molar-refractivity contribution in [2.45, 2.75) is 37.7 Å². The minimum atomic E-state index is -0.0672. The number of benzene rings is 1. The lowest BCUT2D eigenvalue weighted by molar-refractivity contribution is 0.326. The zero-order valence-electron chi connectivity index (χ0n) is 13.5. The van der Waals surface area contributed by atoms with Crippen molar-refractivity contribution in [1.82, 2.24) is 10.2 Å². The lowest BCUT2D eigenvalue weighted by Crippen LogP contribution is -2.41. The molecule has 113 valence electrons. The SMILES string of the molecule is [B][B]c1ccccc1C(CC)C([B])NCCN1CCC(N)C1. The average molecular weight is 292 g/mol. The van der Waals surface area contributed by atoms with Gasteiger partial charge in [0, 0.05) is 33.4 Å². The molecule has 0 amide bonds. The highest BCUT2D eigenvalue weighted by atomic mass is 15.2. The van der Waals surface area contributed by atoms with Gasteiger partial charge in [0.2, 0.25) is 0 Å². The van der Waals surface area contributed by atoms with Gasteiger partial charge in [0.1, 0.15) is 0 Å². The third-order valence-corrected chi connectivity index (χ3v) is 4.57. The van der Waals surface area contributed by atoms with Gasteiger partial charge >= 0.3 is 0 Å². The minimum Gasteiger partial charge on any atom is -0.326 e. The van der Waals surface area contributed by atoms with Gasteiger partial charge < -0.3 is 16.0 Å². The number of nitrogens with zero attached hydrogens (tertiary/aromatic N) is 1. The average Bonchev–Trinajstić information content (AvgIpc) is 2.94. The van der Waals surface area contributed by atoms with Crippen LogP contribution in [0, 0.1) is 0 Å². The minimum absolute atomic E-state index is 0.0672. The van der Waals surface area contributed by atoms with E-state index in [2.05, 4.69) is 23.2 Å². The van der Waals surface area contributed by atoms with Crippen LogP contribution in [0.2, 0.25) is 0 Å². The molecule has 1 fully saturated rings. The molecule has 6 heteroatoms. The molecule has 1 heterocycles. The molecule has 3 unspecified atom stereocenters. The van der Waals surface area contributed by atoms with E-state index < -0.39 is 0 Å². The molecular weight excluding hydrogens is 267 g/mol. The summed E-state index contributed by atoms with van der Waals surface area (Å²) < 4.78 is 0. The normalized spacial score (nSPS) is 21.6. The first kappa shape index (κ1) is 17.6. The summed E-state index contributed by atoms with van der Waals surface area (Å²) in [6.07, 6.45) is 2.08. The van der Waals surface area contributed by atoms with Gasteiger partial charge in [-0.15, -0.1) is 0 Å². The third kappa shape index (κ3) is 4.64. The Morgan fingerprint density at radius 2 is 2.23 bits per heavy atom. The number of likely N-dealkylation sites (tertiary alicyclic amines) is 1. The van der Waals surface area contributed by atoms with E-state index in [1.165, 1.54) is 5.56 Å². The Labute approximate surface area is 138 Å². The van der Waals surface area contributed by atoms with Crippen LogP contribution in [0.25, 0.3) is 0 Å². The van der Waals surface area contributed by atoms with Crippen LogP contribution in [0.15, 0.2) is 24.3 Å². The molecule has 5 radical (unpaired) electrons. The molecule has 0 aliphatic carbocycles. The van der Waals surface area contributed by atoms with E-state index >= 15 is 0 Å². The second-order valence-corrected chi connectivity index (χ2v) is 6.14. The van der Waals surface area contributed by atoms with Crippen molar-refractivity contribution in [1.29, 1.82) is 0 Å². The first-order chi connectivity index (χ1) is 10.7. The molecule has 0 aromatic heterocycles. The second kappa shape index (κ2) is 8.80. The first-order valence-electron chi connectivity index (χ1n) is 8.26. The van der Waals surface area contributed by atoms with Crippen molar-refractivity contribution in [3.8, 4) is 0 Å². The molecule has 0 spiro atoms. The fourth-order valence-corrected chi connectivity index (χ4v) is 3.26. The van der Waals surface area contributed by atoms with Crippen LogP contribution in [-0.2, 0) is 0 Å².